The van der Waals surface area contributed by atoms with Crippen molar-refractivity contribution in [2.24, 2.45) is 0 Å². The third-order valence-electron chi connectivity index (χ3n) is 2.71. The molecule has 81 valence electrons. The van der Waals surface area contributed by atoms with Gasteiger partial charge < -0.3 is 14.9 Å². The number of nitrogens with zero attached hydrogens (tertiary/aromatic N) is 2. The highest BCUT2D eigenvalue weighted by Gasteiger charge is 2.17. The number of benzene rings is 1. The molecule has 3 nitrogen and oxygen atoms in total. The lowest BCUT2D eigenvalue weighted by atomic mass is 10.2. The SMILES string of the molecule is CN1CCN(c2cc(F)c[c]c2O)CC1. The van der Waals surface area contributed by atoms with Crippen LogP contribution in [0.2, 0.25) is 0 Å². The van der Waals surface area contributed by atoms with E-state index in [1.54, 1.807) is 0 Å². The number of phenols is 1. The summed E-state index contributed by atoms with van der Waals surface area (Å²) in [5, 5.41) is 9.58. The second kappa shape index (κ2) is 4.06. The monoisotopic (exact) mass is 209 g/mol. The Morgan fingerprint density at radius 2 is 2.00 bits per heavy atom. The molecular formula is C11H14FN2O. The van der Waals surface area contributed by atoms with Gasteiger partial charge in [0, 0.05) is 38.3 Å². The van der Waals surface area contributed by atoms with Gasteiger partial charge in [-0.2, -0.15) is 0 Å². The van der Waals surface area contributed by atoms with Gasteiger partial charge in [0.05, 0.1) is 5.69 Å². The van der Waals surface area contributed by atoms with Crippen LogP contribution in [0.1, 0.15) is 0 Å². The molecule has 1 N–H and O–H groups in total. The Labute approximate surface area is 88.7 Å². The first-order chi connectivity index (χ1) is 7.16. The molecule has 1 radical (unpaired) electrons. The first kappa shape index (κ1) is 10.2. The zero-order valence-corrected chi connectivity index (χ0v) is 8.70. The van der Waals surface area contributed by atoms with Crippen LogP contribution < -0.4 is 4.90 Å². The van der Waals surface area contributed by atoms with Gasteiger partial charge in [-0.15, -0.1) is 0 Å². The smallest absolute Gasteiger partial charge is 0.147 e. The van der Waals surface area contributed by atoms with Gasteiger partial charge >= 0.3 is 0 Å². The molecule has 0 atom stereocenters. The molecule has 1 aromatic carbocycles. The molecule has 1 aromatic rings. The zero-order valence-electron chi connectivity index (χ0n) is 8.70. The Morgan fingerprint density at radius 3 is 2.67 bits per heavy atom. The third kappa shape index (κ3) is 2.21. The van der Waals surface area contributed by atoms with Crippen LogP contribution in [0.15, 0.2) is 12.1 Å². The molecule has 4 heteroatoms. The van der Waals surface area contributed by atoms with Crippen molar-refractivity contribution in [2.45, 2.75) is 0 Å². The average Bonchev–Trinajstić information content (AvgIpc) is 2.23. The number of anilines is 1. The van der Waals surface area contributed by atoms with E-state index < -0.39 is 0 Å². The highest BCUT2D eigenvalue weighted by Crippen LogP contribution is 2.27. The number of phenolic OH excluding ortho intramolecular Hbond substituents is 1. The summed E-state index contributed by atoms with van der Waals surface area (Å²) in [6.45, 7) is 3.47. The molecule has 1 aliphatic heterocycles. The van der Waals surface area contributed by atoms with E-state index in [1.165, 1.54) is 6.07 Å². The van der Waals surface area contributed by atoms with Gasteiger partial charge in [0.25, 0.3) is 0 Å². The van der Waals surface area contributed by atoms with E-state index >= 15 is 0 Å². The number of aromatic hydroxyl groups is 1. The van der Waals surface area contributed by atoms with E-state index in [1.807, 2.05) is 4.90 Å². The summed E-state index contributed by atoms with van der Waals surface area (Å²) in [7, 11) is 2.05. The molecule has 0 aliphatic carbocycles. The van der Waals surface area contributed by atoms with E-state index in [0.717, 1.165) is 32.2 Å². The second-order valence-corrected chi connectivity index (χ2v) is 3.84. The van der Waals surface area contributed by atoms with Gasteiger partial charge in [0.1, 0.15) is 11.6 Å². The largest absolute Gasteiger partial charge is 0.505 e. The van der Waals surface area contributed by atoms with Crippen molar-refractivity contribution in [2.75, 3.05) is 38.1 Å². The number of likely N-dealkylation sites (N-methyl/N-ethyl adjacent to an activating group) is 1. The van der Waals surface area contributed by atoms with E-state index in [-0.39, 0.29) is 11.6 Å². The minimum absolute atomic E-state index is 0.0287. The molecule has 1 aliphatic rings. The van der Waals surface area contributed by atoms with Crippen LogP contribution in [0.3, 0.4) is 0 Å². The molecule has 0 saturated carbocycles. The van der Waals surface area contributed by atoms with Crippen LogP contribution in [0.4, 0.5) is 10.1 Å². The van der Waals surface area contributed by atoms with E-state index in [9.17, 15) is 9.50 Å². The van der Waals surface area contributed by atoms with Crippen LogP contribution in [0.25, 0.3) is 0 Å². The highest BCUT2D eigenvalue weighted by molar-refractivity contribution is 5.57. The highest BCUT2D eigenvalue weighted by atomic mass is 19.1. The summed E-state index contributed by atoms with van der Waals surface area (Å²) in [6.07, 6.45) is 0. The molecule has 0 aromatic heterocycles. The molecule has 15 heavy (non-hydrogen) atoms. The maximum atomic E-state index is 13.0. The molecular weight excluding hydrogens is 195 g/mol. The first-order valence-electron chi connectivity index (χ1n) is 5.00. The van der Waals surface area contributed by atoms with Gasteiger partial charge in [0.15, 0.2) is 0 Å². The van der Waals surface area contributed by atoms with Crippen molar-refractivity contribution in [3.05, 3.63) is 24.0 Å². The predicted octanol–water partition coefficient (Wildman–Crippen LogP) is 1.08. The van der Waals surface area contributed by atoms with Gasteiger partial charge in [-0.25, -0.2) is 4.39 Å². The van der Waals surface area contributed by atoms with Crippen molar-refractivity contribution < 1.29 is 9.50 Å². The second-order valence-electron chi connectivity index (χ2n) is 3.84. The van der Waals surface area contributed by atoms with Crippen molar-refractivity contribution >= 4 is 5.69 Å². The van der Waals surface area contributed by atoms with Gasteiger partial charge in [0.2, 0.25) is 0 Å². The van der Waals surface area contributed by atoms with Crippen LogP contribution in [-0.4, -0.2) is 43.2 Å². The lowest BCUT2D eigenvalue weighted by molar-refractivity contribution is 0.311. The summed E-state index contributed by atoms with van der Waals surface area (Å²) in [5.74, 6) is -0.331. The maximum Gasteiger partial charge on any atom is 0.147 e. The lowest BCUT2D eigenvalue weighted by Crippen LogP contribution is -2.44. The van der Waals surface area contributed by atoms with Gasteiger partial charge in [-0.3, -0.25) is 0 Å². The van der Waals surface area contributed by atoms with Crippen LogP contribution in [0, 0.1) is 11.9 Å². The summed E-state index contributed by atoms with van der Waals surface area (Å²) >= 11 is 0. The fourth-order valence-electron chi connectivity index (χ4n) is 1.74. The minimum atomic E-state index is -0.360. The van der Waals surface area contributed by atoms with Crippen molar-refractivity contribution in [1.82, 2.24) is 4.90 Å². The van der Waals surface area contributed by atoms with E-state index in [0.29, 0.717) is 5.69 Å². The van der Waals surface area contributed by atoms with Crippen LogP contribution in [0.5, 0.6) is 5.75 Å². The Bertz CT molecular complexity index is 348. The van der Waals surface area contributed by atoms with Gasteiger partial charge in [-0.05, 0) is 13.1 Å². The molecule has 0 bridgehead atoms. The fourth-order valence-corrected chi connectivity index (χ4v) is 1.74. The molecule has 1 fully saturated rings. The normalized spacial score (nSPS) is 18.1. The molecule has 0 amide bonds. The van der Waals surface area contributed by atoms with E-state index in [2.05, 4.69) is 18.0 Å². The Morgan fingerprint density at radius 1 is 1.33 bits per heavy atom. The quantitative estimate of drug-likeness (QED) is 0.750. The first-order valence-corrected chi connectivity index (χ1v) is 5.00. The van der Waals surface area contributed by atoms with Crippen molar-refractivity contribution in [3.8, 4) is 5.75 Å². The minimum Gasteiger partial charge on any atom is -0.505 e. The topological polar surface area (TPSA) is 26.7 Å². The van der Waals surface area contributed by atoms with Crippen LogP contribution in [-0.2, 0) is 0 Å². The van der Waals surface area contributed by atoms with E-state index in [4.69, 9.17) is 0 Å². The number of hydrogen-bond acceptors (Lipinski definition) is 3. The molecule has 1 heterocycles. The number of piperazine rings is 1. The summed E-state index contributed by atoms with van der Waals surface area (Å²) < 4.78 is 13.0. The van der Waals surface area contributed by atoms with Crippen LogP contribution >= 0.6 is 0 Å². The predicted molar refractivity (Wildman–Crippen MR) is 56.6 cm³/mol. The summed E-state index contributed by atoms with van der Waals surface area (Å²) in [6, 6.07) is 5.01. The van der Waals surface area contributed by atoms with Crippen molar-refractivity contribution in [3.63, 3.8) is 0 Å². The summed E-state index contributed by atoms with van der Waals surface area (Å²) in [5.41, 5.74) is 0.545. The number of hydrogen-bond donors (Lipinski definition) is 1. The number of halogens is 1. The van der Waals surface area contributed by atoms with Crippen molar-refractivity contribution in [1.29, 1.82) is 0 Å². The Balaban J connectivity index is 2.18. The molecule has 0 spiro atoms. The Hall–Kier alpha value is -1.29. The third-order valence-corrected chi connectivity index (χ3v) is 2.71. The lowest BCUT2D eigenvalue weighted by Gasteiger charge is -2.34. The maximum absolute atomic E-state index is 13.0. The molecule has 0 unspecified atom stereocenters. The molecule has 1 saturated heterocycles. The fraction of sp³-hybridized carbons (Fsp3) is 0.455. The zero-order chi connectivity index (χ0) is 10.8. The average molecular weight is 209 g/mol. The molecule has 2 rings (SSSR count). The standard InChI is InChI=1S/C11H14FN2O/c1-13-4-6-14(7-5-13)10-8-9(12)2-3-11(10)15/h2,8,15H,4-7H2,1H3. The van der Waals surface area contributed by atoms with Gasteiger partial charge in [-0.1, -0.05) is 0 Å². The Kier molecular flexibility index (Phi) is 2.77. The number of rotatable bonds is 1. The summed E-state index contributed by atoms with van der Waals surface area (Å²) in [4.78, 5) is 4.19.